The average Bonchev–Trinajstić information content (AvgIpc) is 2.96. The lowest BCUT2D eigenvalue weighted by molar-refractivity contribution is -0.137. The monoisotopic (exact) mass is 419 g/mol. The van der Waals surface area contributed by atoms with Gasteiger partial charge in [0.25, 0.3) is 0 Å². The van der Waals surface area contributed by atoms with Crippen LogP contribution in [0.15, 0.2) is 42.5 Å². The molecule has 166 valence electrons. The van der Waals surface area contributed by atoms with Crippen LogP contribution in [0.1, 0.15) is 47.1 Å². The molecule has 1 aliphatic heterocycles. The van der Waals surface area contributed by atoms with E-state index < -0.39 is 35.5 Å². The van der Waals surface area contributed by atoms with E-state index in [2.05, 4.69) is 0 Å². The van der Waals surface area contributed by atoms with Gasteiger partial charge >= 0.3 is 12.1 Å². The Morgan fingerprint density at radius 2 is 1.93 bits per heavy atom. The molecule has 1 aromatic carbocycles. The predicted molar refractivity (Wildman–Crippen MR) is 113 cm³/mol. The summed E-state index contributed by atoms with van der Waals surface area (Å²) in [5, 5.41) is 0. The molecule has 1 aliphatic rings. The van der Waals surface area contributed by atoms with Crippen LogP contribution in [0, 0.1) is 0 Å². The first-order valence-electron chi connectivity index (χ1n) is 10.2. The number of amides is 1. The fourth-order valence-corrected chi connectivity index (χ4v) is 3.17. The number of benzene rings is 1. The van der Waals surface area contributed by atoms with Gasteiger partial charge in [-0.1, -0.05) is 30.3 Å². The van der Waals surface area contributed by atoms with Crippen molar-refractivity contribution in [3.8, 4) is 0 Å². The molecule has 30 heavy (non-hydrogen) atoms. The molecule has 0 N–H and O–H groups in total. The van der Waals surface area contributed by atoms with Crippen molar-refractivity contribution in [2.75, 3.05) is 13.2 Å². The van der Waals surface area contributed by atoms with E-state index in [1.54, 1.807) is 31.7 Å². The third-order valence-electron chi connectivity index (χ3n) is 4.48. The molecule has 0 aliphatic carbocycles. The van der Waals surface area contributed by atoms with Crippen molar-refractivity contribution in [3.05, 3.63) is 48.0 Å². The number of esters is 1. The van der Waals surface area contributed by atoms with Gasteiger partial charge in [-0.15, -0.1) is 0 Å². The molecule has 0 saturated carbocycles. The summed E-state index contributed by atoms with van der Waals surface area (Å²) in [5.74, 6) is -0.465. The van der Waals surface area contributed by atoms with Gasteiger partial charge in [-0.25, -0.2) is 9.59 Å². The molecule has 0 spiro atoms. The highest BCUT2D eigenvalue weighted by molar-refractivity contribution is 5.82. The van der Waals surface area contributed by atoms with Gasteiger partial charge in [-0.2, -0.15) is 0 Å². The first-order valence-corrected chi connectivity index (χ1v) is 10.2. The molecule has 1 saturated heterocycles. The smallest absolute Gasteiger partial charge is 0.413 e. The van der Waals surface area contributed by atoms with Gasteiger partial charge in [-0.05, 0) is 53.2 Å². The van der Waals surface area contributed by atoms with Crippen LogP contribution >= 0.6 is 0 Å². The van der Waals surface area contributed by atoms with E-state index in [1.165, 1.54) is 6.08 Å². The summed E-state index contributed by atoms with van der Waals surface area (Å²) in [4.78, 5) is 26.4. The summed E-state index contributed by atoms with van der Waals surface area (Å²) in [5.41, 5.74) is -0.547. The van der Waals surface area contributed by atoms with E-state index in [9.17, 15) is 9.59 Å². The Kier molecular flexibility index (Phi) is 8.03. The first-order chi connectivity index (χ1) is 14.0. The van der Waals surface area contributed by atoms with Gasteiger partial charge in [0, 0.05) is 6.08 Å². The van der Waals surface area contributed by atoms with Crippen LogP contribution in [0.2, 0.25) is 0 Å². The van der Waals surface area contributed by atoms with Crippen molar-refractivity contribution in [3.63, 3.8) is 0 Å². The van der Waals surface area contributed by atoms with Crippen molar-refractivity contribution >= 4 is 12.1 Å². The molecule has 1 aromatic rings. The zero-order valence-electron chi connectivity index (χ0n) is 18.7. The number of carbonyl (C=O) groups is 2. The molecule has 0 aromatic heterocycles. The number of rotatable bonds is 7. The summed E-state index contributed by atoms with van der Waals surface area (Å²) in [7, 11) is 0. The molecule has 1 fully saturated rings. The summed E-state index contributed by atoms with van der Waals surface area (Å²) in [6, 6.07) is 9.22. The van der Waals surface area contributed by atoms with E-state index in [4.69, 9.17) is 18.9 Å². The Morgan fingerprint density at radius 1 is 1.27 bits per heavy atom. The molecule has 7 nitrogen and oxygen atoms in total. The second kappa shape index (κ2) is 10.1. The Labute approximate surface area is 178 Å². The number of hydrogen-bond donors (Lipinski definition) is 0. The third kappa shape index (κ3) is 6.85. The maximum Gasteiger partial charge on any atom is 0.413 e. The lowest BCUT2D eigenvalue weighted by Gasteiger charge is -2.37. The number of ether oxygens (including phenoxy) is 4. The fourth-order valence-electron chi connectivity index (χ4n) is 3.17. The average molecular weight is 420 g/mol. The second-order valence-electron chi connectivity index (χ2n) is 8.55. The van der Waals surface area contributed by atoms with Crippen molar-refractivity contribution in [1.82, 2.24) is 4.90 Å². The molecule has 0 bridgehead atoms. The second-order valence-corrected chi connectivity index (χ2v) is 8.55. The standard InChI is InChI=1S/C23H33NO6/c1-7-27-20(25)14-13-19(28-15-17-11-9-8-10-12-17)18-16-29-23(5,6)24(18)21(26)30-22(2,3)4/h8-14,18-19H,7,15-16H2,1-6H3/b14-13+/t18-,19-/m1/s1. The molecule has 1 heterocycles. The molecule has 0 radical (unpaired) electrons. The highest BCUT2D eigenvalue weighted by atomic mass is 16.6. The number of nitrogens with zero attached hydrogens (tertiary/aromatic N) is 1. The van der Waals surface area contributed by atoms with Crippen LogP contribution in [-0.2, 0) is 30.3 Å². The third-order valence-corrected chi connectivity index (χ3v) is 4.48. The van der Waals surface area contributed by atoms with Gasteiger partial charge < -0.3 is 18.9 Å². The van der Waals surface area contributed by atoms with Gasteiger partial charge in [-0.3, -0.25) is 4.90 Å². The van der Waals surface area contributed by atoms with E-state index in [1.807, 2.05) is 51.1 Å². The first kappa shape index (κ1) is 23.9. The van der Waals surface area contributed by atoms with Crippen molar-refractivity contribution in [2.24, 2.45) is 0 Å². The van der Waals surface area contributed by atoms with Crippen LogP contribution in [0.4, 0.5) is 4.79 Å². The van der Waals surface area contributed by atoms with Crippen LogP contribution in [-0.4, -0.2) is 53.6 Å². The van der Waals surface area contributed by atoms with Crippen molar-refractivity contribution in [1.29, 1.82) is 0 Å². The normalized spacial score (nSPS) is 19.7. The Morgan fingerprint density at radius 3 is 2.53 bits per heavy atom. The minimum absolute atomic E-state index is 0.249. The summed E-state index contributed by atoms with van der Waals surface area (Å²) < 4.78 is 22.6. The minimum atomic E-state index is -0.876. The van der Waals surface area contributed by atoms with Crippen LogP contribution < -0.4 is 0 Å². The van der Waals surface area contributed by atoms with Gasteiger partial charge in [0.2, 0.25) is 0 Å². The molecule has 0 unspecified atom stereocenters. The minimum Gasteiger partial charge on any atom is -0.463 e. The number of carbonyl (C=O) groups excluding carboxylic acids is 2. The fraction of sp³-hybridized carbons (Fsp3) is 0.565. The van der Waals surface area contributed by atoms with E-state index in [-0.39, 0.29) is 13.2 Å². The molecular formula is C23H33NO6. The topological polar surface area (TPSA) is 74.3 Å². The van der Waals surface area contributed by atoms with Gasteiger partial charge in [0.15, 0.2) is 0 Å². The summed E-state index contributed by atoms with van der Waals surface area (Å²) >= 11 is 0. The molecule has 7 heteroatoms. The largest absolute Gasteiger partial charge is 0.463 e. The lowest BCUT2D eigenvalue weighted by atomic mass is 10.1. The van der Waals surface area contributed by atoms with Gasteiger partial charge in [0.05, 0.1) is 32.0 Å². The van der Waals surface area contributed by atoms with Crippen molar-refractivity contribution < 1.29 is 28.5 Å². The number of hydrogen-bond acceptors (Lipinski definition) is 6. The molecule has 2 atom stereocenters. The summed E-state index contributed by atoms with van der Waals surface area (Å²) in [6.07, 6.45) is 1.86. The van der Waals surface area contributed by atoms with E-state index >= 15 is 0 Å². The highest BCUT2D eigenvalue weighted by Gasteiger charge is 2.48. The maximum absolute atomic E-state index is 13.0. The SMILES string of the molecule is CCOC(=O)/C=C/[C@@H](OCc1ccccc1)[C@H]1COC(C)(C)N1C(=O)OC(C)(C)C. The Bertz CT molecular complexity index is 738. The molecule has 1 amide bonds. The lowest BCUT2D eigenvalue weighted by Crippen LogP contribution is -2.53. The van der Waals surface area contributed by atoms with Crippen LogP contribution in [0.25, 0.3) is 0 Å². The zero-order valence-corrected chi connectivity index (χ0v) is 18.7. The Hall–Kier alpha value is -2.38. The zero-order chi connectivity index (χ0) is 22.4. The highest BCUT2D eigenvalue weighted by Crippen LogP contribution is 2.32. The quantitative estimate of drug-likeness (QED) is 0.490. The predicted octanol–water partition coefficient (Wildman–Crippen LogP) is 4.06. The Balaban J connectivity index is 2.26. The van der Waals surface area contributed by atoms with Crippen LogP contribution in [0.5, 0.6) is 0 Å². The molecule has 2 rings (SSSR count). The van der Waals surface area contributed by atoms with Crippen molar-refractivity contribution in [2.45, 2.75) is 71.6 Å². The van der Waals surface area contributed by atoms with E-state index in [0.29, 0.717) is 6.61 Å². The summed E-state index contributed by atoms with van der Waals surface area (Å²) in [6.45, 7) is 11.6. The van der Waals surface area contributed by atoms with Gasteiger partial charge in [0.1, 0.15) is 11.3 Å². The molecular weight excluding hydrogens is 386 g/mol. The maximum atomic E-state index is 13.0. The van der Waals surface area contributed by atoms with Crippen LogP contribution in [0.3, 0.4) is 0 Å². The van der Waals surface area contributed by atoms with E-state index in [0.717, 1.165) is 5.56 Å².